The van der Waals surface area contributed by atoms with E-state index in [0.717, 1.165) is 76.1 Å². The maximum Gasteiger partial charge on any atom is 0.211 e. The van der Waals surface area contributed by atoms with Crippen molar-refractivity contribution in [1.82, 2.24) is 9.80 Å². The summed E-state index contributed by atoms with van der Waals surface area (Å²) in [5.41, 5.74) is 9.30. The fourth-order valence-corrected chi connectivity index (χ4v) is 7.19. The molecule has 4 aromatic rings. The van der Waals surface area contributed by atoms with Crippen LogP contribution in [0.4, 0.5) is 0 Å². The molecule has 0 saturated carbocycles. The zero-order valence-electron chi connectivity index (χ0n) is 30.0. The molecule has 1 atom stereocenters. The molecule has 51 heavy (non-hydrogen) atoms. The van der Waals surface area contributed by atoms with Crippen molar-refractivity contribution >= 4 is 36.2 Å². The molecule has 7 heteroatoms. The topological polar surface area (TPSA) is 43.8 Å². The number of hydrogen-bond acceptors (Lipinski definition) is 4. The summed E-state index contributed by atoms with van der Waals surface area (Å²) in [6, 6.07) is 38.3. The van der Waals surface area contributed by atoms with E-state index in [0.29, 0.717) is 0 Å². The third-order valence-corrected chi connectivity index (χ3v) is 9.87. The minimum absolute atomic E-state index is 0.226. The van der Waals surface area contributed by atoms with E-state index in [9.17, 15) is 5.11 Å². The van der Waals surface area contributed by atoms with Crippen molar-refractivity contribution in [1.29, 1.82) is 0 Å². The summed E-state index contributed by atoms with van der Waals surface area (Å²) in [6.45, 7) is 18.1. The zero-order valence-corrected chi connectivity index (χ0v) is 32.4. The third kappa shape index (κ3) is 11.9. The lowest BCUT2D eigenvalue weighted by atomic mass is 9.72. The van der Waals surface area contributed by atoms with Crippen LogP contribution in [0.1, 0.15) is 59.1 Å². The van der Waals surface area contributed by atoms with Gasteiger partial charge < -0.3 is 5.11 Å². The maximum absolute atomic E-state index is 11.8. The average molecular weight is 744 g/mol. The molecule has 0 bridgehead atoms. The van der Waals surface area contributed by atoms with E-state index in [-0.39, 0.29) is 5.92 Å². The van der Waals surface area contributed by atoms with Crippen molar-refractivity contribution in [3.05, 3.63) is 173 Å². The predicted octanol–water partition coefficient (Wildman–Crippen LogP) is 10.3. The van der Waals surface area contributed by atoms with Gasteiger partial charge in [-0.3, -0.25) is 9.80 Å². The van der Waals surface area contributed by atoms with Crippen LogP contribution in [-0.2, 0) is 14.8 Å². The van der Waals surface area contributed by atoms with Gasteiger partial charge in [0.15, 0.2) is 0 Å². The van der Waals surface area contributed by atoms with Gasteiger partial charge in [-0.1, -0.05) is 138 Å². The highest BCUT2D eigenvalue weighted by atomic mass is 36.0. The summed E-state index contributed by atoms with van der Waals surface area (Å²) in [5.74, 6) is 0.226. The molecule has 1 unspecified atom stereocenters. The Hall–Kier alpha value is -3.29. The number of rotatable bonds is 9. The normalized spacial score (nSPS) is 16.5. The summed E-state index contributed by atoms with van der Waals surface area (Å²) in [7, 11) is 7.36. The van der Waals surface area contributed by atoms with Crippen LogP contribution in [0.5, 0.6) is 0 Å². The monoisotopic (exact) mass is 742 g/mol. The van der Waals surface area contributed by atoms with Crippen molar-refractivity contribution in [2.75, 3.05) is 39.3 Å². The molecule has 4 nitrogen and oxygen atoms in total. The second-order valence-corrected chi connectivity index (χ2v) is 15.9. The second-order valence-electron chi connectivity index (χ2n) is 13.3. The van der Waals surface area contributed by atoms with Gasteiger partial charge in [-0.05, 0) is 86.4 Å². The highest BCUT2D eigenvalue weighted by molar-refractivity contribution is 8.26. The molecular weight excluding hydrogens is 691 g/mol. The summed E-state index contributed by atoms with van der Waals surface area (Å²) >= 11 is 0. The first-order chi connectivity index (χ1) is 24.6. The molecule has 2 heterocycles. The first-order valence-corrected chi connectivity index (χ1v) is 20.6. The molecule has 6 rings (SSSR count). The predicted molar refractivity (Wildman–Crippen MR) is 219 cm³/mol. The molecule has 2 fully saturated rings. The van der Waals surface area contributed by atoms with E-state index in [1.807, 2.05) is 30.4 Å². The van der Waals surface area contributed by atoms with Crippen LogP contribution in [0.15, 0.2) is 140 Å². The number of aryl methyl sites for hydroxylation is 2. The fourth-order valence-electron chi connectivity index (χ4n) is 7.19. The summed E-state index contributed by atoms with van der Waals surface area (Å²) in [4.78, 5) is 4.89. The first-order valence-electron chi connectivity index (χ1n) is 17.8. The van der Waals surface area contributed by atoms with Crippen LogP contribution < -0.4 is 0 Å². The summed E-state index contributed by atoms with van der Waals surface area (Å²) in [5, 5.41) is 11.8. The van der Waals surface area contributed by atoms with Gasteiger partial charge in [0.05, 0.1) is 0 Å². The quantitative estimate of drug-likeness (QED) is 0.137. The van der Waals surface area contributed by atoms with Crippen molar-refractivity contribution in [3.63, 3.8) is 0 Å². The number of hydrogen-bond donors (Lipinski definition) is 1. The number of halogens is 2. The van der Waals surface area contributed by atoms with E-state index < -0.39 is 14.8 Å². The van der Waals surface area contributed by atoms with Gasteiger partial charge in [-0.25, -0.2) is 4.21 Å². The zero-order chi connectivity index (χ0) is 36.6. The summed E-state index contributed by atoms with van der Waals surface area (Å²) in [6.07, 6.45) is 8.24. The average Bonchev–Trinajstić information content (AvgIpc) is 3.15. The number of aliphatic hydroxyl groups is 1. The molecular formula is C44H52Cl2N2O2S. The Kier molecular flexibility index (Phi) is 16.4. The minimum Gasteiger partial charge on any atom is -0.380 e. The summed E-state index contributed by atoms with van der Waals surface area (Å²) < 4.78 is 9.09. The van der Waals surface area contributed by atoms with Gasteiger partial charge in [0, 0.05) is 47.5 Å². The molecule has 0 amide bonds. The Morgan fingerprint density at radius 3 is 1.61 bits per heavy atom. The lowest BCUT2D eigenvalue weighted by Crippen LogP contribution is -2.44. The molecule has 1 N–H and O–H groups in total. The van der Waals surface area contributed by atoms with Gasteiger partial charge in [-0.15, -0.1) is 13.2 Å². The Balaban J connectivity index is 0.000000207. The molecule has 4 aromatic carbocycles. The molecule has 2 aliphatic heterocycles. The standard InChI is InChI=1S/C22H27NO.C22H25N.Cl2OS/c1-3-15-23-16-13-21(14-17-23)22(24,19-7-5-4-6-8-19)20-11-9-18(2)10-12-20;1-3-15-23-16-13-21(14-17-23)22(19-7-5-4-6-8-19)20-11-9-18(2)10-12-20;1-4(2)3/h3-12,21,24H,1,13-17H2,2H3;3-12H,1,13-17H2,2H3;. The van der Waals surface area contributed by atoms with Gasteiger partial charge in [-0.2, -0.15) is 0 Å². The van der Waals surface area contributed by atoms with E-state index in [1.54, 1.807) is 5.57 Å². The number of piperidine rings is 2. The maximum atomic E-state index is 11.8. The fraction of sp³-hybridized carbons (Fsp3) is 0.318. The van der Waals surface area contributed by atoms with Crippen LogP contribution in [0.25, 0.3) is 5.57 Å². The van der Waals surface area contributed by atoms with Crippen LogP contribution in [0.2, 0.25) is 0 Å². The largest absolute Gasteiger partial charge is 0.380 e. The molecule has 0 aliphatic carbocycles. The Labute approximate surface area is 317 Å². The van der Waals surface area contributed by atoms with E-state index in [1.165, 1.54) is 27.8 Å². The van der Waals surface area contributed by atoms with Gasteiger partial charge in [0.2, 0.25) is 9.23 Å². The molecule has 0 aromatic heterocycles. The van der Waals surface area contributed by atoms with Crippen molar-refractivity contribution in [2.24, 2.45) is 5.92 Å². The molecule has 270 valence electrons. The van der Waals surface area contributed by atoms with Crippen LogP contribution in [0, 0.1) is 19.8 Å². The lowest BCUT2D eigenvalue weighted by molar-refractivity contribution is -0.0127. The molecule has 2 aliphatic rings. The number of likely N-dealkylation sites (tertiary alicyclic amines) is 2. The van der Waals surface area contributed by atoms with Crippen LogP contribution in [0.3, 0.4) is 0 Å². The number of nitrogens with zero attached hydrogens (tertiary/aromatic N) is 2. The van der Waals surface area contributed by atoms with E-state index in [4.69, 9.17) is 4.21 Å². The van der Waals surface area contributed by atoms with Gasteiger partial charge >= 0.3 is 0 Å². The van der Waals surface area contributed by atoms with Gasteiger partial charge in [0.25, 0.3) is 0 Å². The first kappa shape index (κ1) is 40.5. The van der Waals surface area contributed by atoms with Crippen LogP contribution in [-0.4, -0.2) is 58.4 Å². The van der Waals surface area contributed by atoms with E-state index >= 15 is 0 Å². The molecule has 2 saturated heterocycles. The lowest BCUT2D eigenvalue weighted by Gasteiger charge is -2.42. The smallest absolute Gasteiger partial charge is 0.211 e. The molecule has 0 spiro atoms. The Bertz CT molecular complexity index is 1690. The highest BCUT2D eigenvalue weighted by Gasteiger charge is 2.41. The second kappa shape index (κ2) is 20.7. The minimum atomic E-state index is -1.67. The Morgan fingerprint density at radius 1 is 0.706 bits per heavy atom. The Morgan fingerprint density at radius 2 is 1.12 bits per heavy atom. The van der Waals surface area contributed by atoms with Crippen LogP contribution >= 0.6 is 21.4 Å². The van der Waals surface area contributed by atoms with Gasteiger partial charge in [0.1, 0.15) is 5.60 Å². The highest BCUT2D eigenvalue weighted by Crippen LogP contribution is 2.42. The SMILES string of the molecule is C=CCN1CCC(=C(c2ccccc2)c2ccc(C)cc2)CC1.C=CCN1CCC(C(O)(c2ccccc2)c2ccc(C)cc2)CC1.O=S(Cl)Cl. The third-order valence-electron chi connectivity index (χ3n) is 9.87. The van der Waals surface area contributed by atoms with Crippen molar-refractivity contribution < 1.29 is 9.32 Å². The molecule has 0 radical (unpaired) electrons. The number of benzene rings is 4. The van der Waals surface area contributed by atoms with E-state index in [2.05, 4.69) is 149 Å². The van der Waals surface area contributed by atoms with Crippen molar-refractivity contribution in [2.45, 2.75) is 45.1 Å². The van der Waals surface area contributed by atoms with Crippen molar-refractivity contribution in [3.8, 4) is 0 Å².